The van der Waals surface area contributed by atoms with Gasteiger partial charge in [0.15, 0.2) is 5.75 Å². The van der Waals surface area contributed by atoms with Crippen LogP contribution >= 0.6 is 0 Å². The minimum atomic E-state index is -5.12. The van der Waals surface area contributed by atoms with Gasteiger partial charge in [0.2, 0.25) is 0 Å². The van der Waals surface area contributed by atoms with Crippen molar-refractivity contribution in [2.24, 2.45) is 30.7 Å². The van der Waals surface area contributed by atoms with E-state index in [1.54, 1.807) is 78.9 Å². The van der Waals surface area contributed by atoms with E-state index in [0.29, 0.717) is 34.6 Å². The van der Waals surface area contributed by atoms with Crippen LogP contribution in [0.3, 0.4) is 0 Å². The van der Waals surface area contributed by atoms with Crippen LogP contribution in [0, 0.1) is 6.92 Å². The maximum absolute atomic E-state index is 12.5. The molecule has 0 bridgehead atoms. The highest BCUT2D eigenvalue weighted by atomic mass is 32.2. The third kappa shape index (κ3) is 7.91. The van der Waals surface area contributed by atoms with Gasteiger partial charge in [-0.2, -0.15) is 37.3 Å². The molecule has 0 amide bonds. The number of azo groups is 3. The van der Waals surface area contributed by atoms with Gasteiger partial charge in [-0.05, 0) is 78.2 Å². The van der Waals surface area contributed by atoms with Gasteiger partial charge in [-0.3, -0.25) is 9.11 Å². The number of phenolic OH excluding ortho intramolecular Hbond substituents is 1. The molecule has 0 aliphatic heterocycles. The number of ether oxygens (including phenoxy) is 1. The minimum absolute atomic E-state index is 0.243. The Morgan fingerprint density at radius 3 is 1.67 bits per heavy atom. The molecular weight excluding hydrogens is 737 g/mol. The van der Waals surface area contributed by atoms with E-state index in [1.807, 2.05) is 19.1 Å². The maximum Gasteiger partial charge on any atom is 0.296 e. The highest BCUT2D eigenvalue weighted by Gasteiger charge is 2.28. The van der Waals surface area contributed by atoms with Crippen molar-refractivity contribution in [3.63, 3.8) is 0 Å². The Labute approximate surface area is 308 Å². The van der Waals surface area contributed by atoms with E-state index in [0.717, 1.165) is 22.8 Å². The van der Waals surface area contributed by atoms with E-state index < -0.39 is 63.6 Å². The fraction of sp³-hybridized carbons (Fsp3) is 0.0556. The summed E-state index contributed by atoms with van der Waals surface area (Å²) >= 11 is 0. The van der Waals surface area contributed by atoms with E-state index in [1.165, 1.54) is 7.11 Å². The molecule has 54 heavy (non-hydrogen) atoms. The zero-order valence-electron chi connectivity index (χ0n) is 28.4. The van der Waals surface area contributed by atoms with Crippen molar-refractivity contribution in [1.29, 1.82) is 0 Å². The lowest BCUT2D eigenvalue weighted by molar-refractivity contribution is 0.417. The van der Waals surface area contributed by atoms with Gasteiger partial charge in [-0.25, -0.2) is 0 Å². The number of hydrogen-bond acceptors (Lipinski definition) is 14. The van der Waals surface area contributed by atoms with Gasteiger partial charge in [-0.1, -0.05) is 42.5 Å². The number of phenols is 1. The number of benzene rings is 6. The molecular formula is C36H30N8O8S2. The number of anilines is 2. The Kier molecular flexibility index (Phi) is 10.2. The van der Waals surface area contributed by atoms with Crippen molar-refractivity contribution in [3.8, 4) is 22.6 Å². The van der Waals surface area contributed by atoms with Crippen LogP contribution in [0.1, 0.15) is 5.56 Å². The van der Waals surface area contributed by atoms with Crippen molar-refractivity contribution in [1.82, 2.24) is 0 Å². The first kappa shape index (κ1) is 37.2. The average Bonchev–Trinajstić information content (AvgIpc) is 3.13. The molecule has 0 aliphatic rings. The molecule has 0 aliphatic carbocycles. The van der Waals surface area contributed by atoms with Crippen LogP contribution in [0.15, 0.2) is 144 Å². The molecule has 16 nitrogen and oxygen atoms in total. The van der Waals surface area contributed by atoms with Crippen LogP contribution in [0.5, 0.6) is 11.5 Å². The van der Waals surface area contributed by atoms with Gasteiger partial charge in [-0.15, -0.1) is 10.2 Å². The molecule has 0 unspecified atom stereocenters. The number of hydrogen-bond donors (Lipinski definition) is 5. The van der Waals surface area contributed by atoms with Crippen LogP contribution in [-0.4, -0.2) is 38.2 Å². The van der Waals surface area contributed by atoms with Gasteiger partial charge in [0.05, 0.1) is 46.6 Å². The maximum atomic E-state index is 12.5. The number of aromatic hydroxyl groups is 1. The Morgan fingerprint density at radius 1 is 0.611 bits per heavy atom. The van der Waals surface area contributed by atoms with Crippen LogP contribution in [0.2, 0.25) is 0 Å². The standard InChI is InChI=1S/C36H30N8O8S2/c1-20-16-27(37)30(52-2)18-28(20)42-40-24-12-8-21(9-13-24)22-10-14-25(15-11-22)41-44-35-32(54(49,50)51)17-26-31(53(46,47)48)19-29(36(45)33(26)34(35)38)43-39-23-6-4-3-5-7-23/h3-19,45H,37-38H2,1-2H3,(H,46,47,48)(H,49,50,51)/b42-40+,43-39+,44-41+. The van der Waals surface area contributed by atoms with E-state index in [9.17, 15) is 31.0 Å². The van der Waals surface area contributed by atoms with Crippen molar-refractivity contribution >= 4 is 76.5 Å². The van der Waals surface area contributed by atoms with Gasteiger partial charge in [0, 0.05) is 11.5 Å². The molecule has 6 aromatic carbocycles. The first-order valence-corrected chi connectivity index (χ1v) is 18.5. The van der Waals surface area contributed by atoms with E-state index >= 15 is 0 Å². The summed E-state index contributed by atoms with van der Waals surface area (Å²) in [4.78, 5) is -1.79. The second kappa shape index (κ2) is 14.8. The quantitative estimate of drug-likeness (QED) is 0.0500. The molecule has 0 atom stereocenters. The van der Waals surface area contributed by atoms with Crippen LogP contribution in [0.4, 0.5) is 45.5 Å². The fourth-order valence-corrected chi connectivity index (χ4v) is 6.72. The Morgan fingerprint density at radius 2 is 1.13 bits per heavy atom. The Balaban J connectivity index is 1.32. The molecule has 18 heteroatoms. The largest absolute Gasteiger partial charge is 0.505 e. The summed E-state index contributed by atoms with van der Waals surface area (Å²) in [6.45, 7) is 1.87. The second-order valence-electron chi connectivity index (χ2n) is 11.7. The van der Waals surface area contributed by atoms with Crippen molar-refractivity contribution < 1.29 is 35.8 Å². The number of methoxy groups -OCH3 is 1. The summed E-state index contributed by atoms with van der Waals surface area (Å²) < 4.78 is 75.2. The Bertz CT molecular complexity index is 2720. The number of aryl methyl sites for hydroxylation is 1. The van der Waals surface area contributed by atoms with Crippen LogP contribution < -0.4 is 16.2 Å². The number of nitrogens with zero attached hydrogens (tertiary/aromatic N) is 6. The van der Waals surface area contributed by atoms with Gasteiger partial charge < -0.3 is 21.3 Å². The van der Waals surface area contributed by atoms with Crippen LogP contribution in [0.25, 0.3) is 21.9 Å². The summed E-state index contributed by atoms with van der Waals surface area (Å²) in [6, 6.07) is 27.1. The first-order valence-electron chi connectivity index (χ1n) is 15.7. The molecule has 6 aromatic rings. The summed E-state index contributed by atoms with van der Waals surface area (Å²) in [5, 5.41) is 34.8. The van der Waals surface area contributed by atoms with Crippen molar-refractivity contribution in [2.75, 3.05) is 18.6 Å². The molecule has 0 saturated heterocycles. The van der Waals surface area contributed by atoms with Crippen molar-refractivity contribution in [2.45, 2.75) is 16.7 Å². The first-order chi connectivity index (χ1) is 25.6. The molecule has 0 heterocycles. The van der Waals surface area contributed by atoms with Gasteiger partial charge in [0.1, 0.15) is 26.9 Å². The minimum Gasteiger partial charge on any atom is -0.505 e. The fourth-order valence-electron chi connectivity index (χ4n) is 5.36. The molecule has 0 radical (unpaired) electrons. The highest BCUT2D eigenvalue weighted by Crippen LogP contribution is 2.48. The summed E-state index contributed by atoms with van der Waals surface area (Å²) in [6.07, 6.45) is 0. The third-order valence-corrected chi connectivity index (χ3v) is 9.82. The molecule has 274 valence electrons. The summed E-state index contributed by atoms with van der Waals surface area (Å²) in [5.41, 5.74) is 15.4. The van der Waals surface area contributed by atoms with E-state index in [-0.39, 0.29) is 5.69 Å². The number of nitrogens with two attached hydrogens (primary N) is 2. The molecule has 6 rings (SSSR count). The van der Waals surface area contributed by atoms with E-state index in [4.69, 9.17) is 16.2 Å². The third-order valence-electron chi connectivity index (χ3n) is 8.06. The zero-order valence-corrected chi connectivity index (χ0v) is 30.0. The smallest absolute Gasteiger partial charge is 0.296 e. The monoisotopic (exact) mass is 766 g/mol. The molecule has 0 fully saturated rings. The average molecular weight is 767 g/mol. The molecule has 7 N–H and O–H groups in total. The van der Waals surface area contributed by atoms with Gasteiger partial charge >= 0.3 is 0 Å². The summed E-state index contributed by atoms with van der Waals surface area (Å²) in [7, 11) is -8.66. The summed E-state index contributed by atoms with van der Waals surface area (Å²) in [5.74, 6) is -0.205. The second-order valence-corrected chi connectivity index (χ2v) is 14.4. The predicted molar refractivity (Wildman–Crippen MR) is 203 cm³/mol. The lowest BCUT2D eigenvalue weighted by Gasteiger charge is -2.14. The molecule has 0 saturated carbocycles. The number of rotatable bonds is 10. The molecule has 0 spiro atoms. The zero-order chi connectivity index (χ0) is 38.8. The SMILES string of the molecule is COc1cc(/N=N/c2ccc(-c3ccc(/N=N/c4c(S(=O)(=O)O)cc5c(S(=O)(=O)O)cc(/N=N/c6ccccc6)c(O)c5c4N)cc3)cc2)c(C)cc1N. The topological polar surface area (TPSA) is 264 Å². The lowest BCUT2D eigenvalue weighted by Crippen LogP contribution is -2.05. The molecule has 0 aromatic heterocycles. The predicted octanol–water partition coefficient (Wildman–Crippen LogP) is 9.43. The number of fused-ring (bicyclic) bond motifs is 1. The normalized spacial score (nSPS) is 12.4. The highest BCUT2D eigenvalue weighted by molar-refractivity contribution is 7.86. The Hall–Kier alpha value is -6.60. The lowest BCUT2D eigenvalue weighted by atomic mass is 10.0. The van der Waals surface area contributed by atoms with Gasteiger partial charge in [0.25, 0.3) is 20.2 Å². The van der Waals surface area contributed by atoms with Crippen LogP contribution in [-0.2, 0) is 20.2 Å². The number of nitrogen functional groups attached to an aromatic ring is 2. The van der Waals surface area contributed by atoms with E-state index in [2.05, 4.69) is 30.7 Å². The van der Waals surface area contributed by atoms with Crippen molar-refractivity contribution in [3.05, 3.63) is 109 Å².